The van der Waals surface area contributed by atoms with Gasteiger partial charge in [0.15, 0.2) is 0 Å². The van der Waals surface area contributed by atoms with Gasteiger partial charge in [-0.3, -0.25) is 9.59 Å². The molecule has 0 saturated carbocycles. The van der Waals surface area contributed by atoms with Crippen LogP contribution in [0.1, 0.15) is 11.1 Å². The minimum atomic E-state index is -0.182. The Morgan fingerprint density at radius 3 is 2.62 bits per heavy atom. The molecule has 5 nitrogen and oxygen atoms in total. The molecule has 24 heavy (non-hydrogen) atoms. The molecule has 0 fully saturated rings. The van der Waals surface area contributed by atoms with Crippen LogP contribution in [0.2, 0.25) is 0 Å². The molecule has 2 aromatic carbocycles. The molecule has 0 spiro atoms. The molecule has 122 valence electrons. The lowest BCUT2D eigenvalue weighted by Gasteiger charge is -2.07. The van der Waals surface area contributed by atoms with E-state index in [9.17, 15) is 9.59 Å². The largest absolute Gasteiger partial charge is 0.497 e. The quantitative estimate of drug-likeness (QED) is 0.758. The highest BCUT2D eigenvalue weighted by atomic mass is 16.5. The summed E-state index contributed by atoms with van der Waals surface area (Å²) in [5, 5.41) is 3.73. The summed E-state index contributed by atoms with van der Waals surface area (Å²) in [6.45, 7) is 0.204. The first-order valence-corrected chi connectivity index (χ1v) is 7.66. The summed E-state index contributed by atoms with van der Waals surface area (Å²) in [4.78, 5) is 26.9. The Balaban J connectivity index is 1.65. The topological polar surface area (TPSA) is 71.2 Å². The van der Waals surface area contributed by atoms with Crippen LogP contribution in [0.15, 0.2) is 59.4 Å². The number of nitrogens with one attached hydrogen (secondary N) is 2. The summed E-state index contributed by atoms with van der Waals surface area (Å²) in [5.41, 5.74) is 2.03. The minimum Gasteiger partial charge on any atom is -0.497 e. The van der Waals surface area contributed by atoms with Gasteiger partial charge >= 0.3 is 0 Å². The van der Waals surface area contributed by atoms with E-state index in [-0.39, 0.29) is 24.4 Å². The average molecular weight is 322 g/mol. The number of carbonyl (C=O) groups is 1. The van der Waals surface area contributed by atoms with Gasteiger partial charge in [0.05, 0.1) is 13.5 Å². The number of hydrogen-bond acceptors (Lipinski definition) is 3. The lowest BCUT2D eigenvalue weighted by molar-refractivity contribution is -0.120. The third-order valence-electron chi connectivity index (χ3n) is 3.83. The van der Waals surface area contributed by atoms with Gasteiger partial charge in [-0.05, 0) is 35.2 Å². The summed E-state index contributed by atoms with van der Waals surface area (Å²) < 4.78 is 5.09. The molecular formula is C19H18N2O3. The smallest absolute Gasteiger partial charge is 0.253 e. The molecule has 0 aliphatic rings. The zero-order valence-corrected chi connectivity index (χ0v) is 13.3. The molecule has 0 saturated heterocycles. The Hall–Kier alpha value is -3.08. The van der Waals surface area contributed by atoms with E-state index in [1.54, 1.807) is 7.11 Å². The van der Waals surface area contributed by atoms with Gasteiger partial charge < -0.3 is 15.0 Å². The number of hydrogen-bond donors (Lipinski definition) is 2. The zero-order chi connectivity index (χ0) is 16.9. The standard InChI is InChI=1S/C19H18N2O3/c1-24-16-8-6-13(7-9-16)10-18(22)20-12-15-11-14-4-2-3-5-17(14)21-19(15)23/h2-9,11H,10,12H2,1H3,(H,20,22)(H,21,23). The fourth-order valence-corrected chi connectivity index (χ4v) is 2.51. The van der Waals surface area contributed by atoms with Gasteiger partial charge in [0, 0.05) is 17.6 Å². The Kier molecular flexibility index (Phi) is 4.61. The van der Waals surface area contributed by atoms with Crippen LogP contribution < -0.4 is 15.6 Å². The van der Waals surface area contributed by atoms with Crippen molar-refractivity contribution in [3.63, 3.8) is 0 Å². The fourth-order valence-electron chi connectivity index (χ4n) is 2.51. The van der Waals surface area contributed by atoms with E-state index in [2.05, 4.69) is 10.3 Å². The number of pyridine rings is 1. The van der Waals surface area contributed by atoms with Gasteiger partial charge in [-0.2, -0.15) is 0 Å². The Bertz CT molecular complexity index is 914. The number of para-hydroxylation sites is 1. The number of fused-ring (bicyclic) bond motifs is 1. The minimum absolute atomic E-state index is 0.132. The highest BCUT2D eigenvalue weighted by molar-refractivity contribution is 5.80. The van der Waals surface area contributed by atoms with Crippen LogP contribution in [0.3, 0.4) is 0 Å². The fraction of sp³-hybridized carbons (Fsp3) is 0.158. The van der Waals surface area contributed by atoms with Crippen molar-refractivity contribution >= 4 is 16.8 Å². The van der Waals surface area contributed by atoms with Crippen LogP contribution in [-0.2, 0) is 17.8 Å². The lowest BCUT2D eigenvalue weighted by atomic mass is 10.1. The van der Waals surface area contributed by atoms with Gasteiger partial charge in [0.25, 0.3) is 5.56 Å². The summed E-state index contributed by atoms with van der Waals surface area (Å²) in [7, 11) is 1.60. The molecule has 1 amide bonds. The van der Waals surface area contributed by atoms with Gasteiger partial charge in [-0.1, -0.05) is 30.3 Å². The Morgan fingerprint density at radius 1 is 1.12 bits per heavy atom. The van der Waals surface area contributed by atoms with Crippen molar-refractivity contribution in [1.82, 2.24) is 10.3 Å². The maximum atomic E-state index is 12.1. The van der Waals surface area contributed by atoms with Crippen LogP contribution in [0.25, 0.3) is 10.9 Å². The summed E-state index contributed by atoms with van der Waals surface area (Å²) in [6.07, 6.45) is 0.259. The molecule has 0 radical (unpaired) electrons. The average Bonchev–Trinajstić information content (AvgIpc) is 2.60. The molecule has 0 aliphatic carbocycles. The molecule has 5 heteroatoms. The third-order valence-corrected chi connectivity index (χ3v) is 3.83. The van der Waals surface area contributed by atoms with Crippen LogP contribution in [0, 0.1) is 0 Å². The first-order chi connectivity index (χ1) is 11.7. The van der Waals surface area contributed by atoms with Gasteiger partial charge in [-0.25, -0.2) is 0 Å². The van der Waals surface area contributed by atoms with Crippen molar-refractivity contribution in [1.29, 1.82) is 0 Å². The maximum absolute atomic E-state index is 12.1. The molecule has 0 atom stereocenters. The number of amides is 1. The van der Waals surface area contributed by atoms with Crippen LogP contribution in [0.5, 0.6) is 5.75 Å². The zero-order valence-electron chi connectivity index (χ0n) is 13.3. The van der Waals surface area contributed by atoms with Crippen LogP contribution in [0.4, 0.5) is 0 Å². The van der Waals surface area contributed by atoms with E-state index in [0.717, 1.165) is 22.2 Å². The highest BCUT2D eigenvalue weighted by Gasteiger charge is 2.07. The molecule has 1 heterocycles. The molecule has 2 N–H and O–H groups in total. The van der Waals surface area contributed by atoms with Crippen molar-refractivity contribution in [2.24, 2.45) is 0 Å². The van der Waals surface area contributed by atoms with Gasteiger partial charge in [0.1, 0.15) is 5.75 Å². The van der Waals surface area contributed by atoms with Crippen molar-refractivity contribution in [2.75, 3.05) is 7.11 Å². The SMILES string of the molecule is COc1ccc(CC(=O)NCc2cc3ccccc3[nH]c2=O)cc1. The summed E-state index contributed by atoms with van der Waals surface area (Å²) in [6, 6.07) is 16.7. The van der Waals surface area contributed by atoms with Crippen molar-refractivity contribution < 1.29 is 9.53 Å². The second-order valence-electron chi connectivity index (χ2n) is 5.51. The number of carbonyl (C=O) groups excluding carboxylic acids is 1. The molecule has 1 aromatic heterocycles. The summed E-state index contributed by atoms with van der Waals surface area (Å²) >= 11 is 0. The Labute approximate surface area is 139 Å². The summed E-state index contributed by atoms with van der Waals surface area (Å²) in [5.74, 6) is 0.620. The number of aromatic nitrogens is 1. The van der Waals surface area contributed by atoms with E-state index in [1.165, 1.54) is 0 Å². The van der Waals surface area contributed by atoms with Crippen molar-refractivity contribution in [3.8, 4) is 5.75 Å². The number of aromatic amines is 1. The molecule has 0 aliphatic heterocycles. The number of H-pyrrole nitrogens is 1. The number of methoxy groups -OCH3 is 1. The van der Waals surface area contributed by atoms with E-state index in [4.69, 9.17) is 4.74 Å². The van der Waals surface area contributed by atoms with Crippen molar-refractivity contribution in [3.05, 3.63) is 76.1 Å². The predicted molar refractivity (Wildman–Crippen MR) is 93.1 cm³/mol. The van der Waals surface area contributed by atoms with E-state index in [1.807, 2.05) is 54.6 Å². The lowest BCUT2D eigenvalue weighted by Crippen LogP contribution is -2.27. The second-order valence-corrected chi connectivity index (χ2v) is 5.51. The second kappa shape index (κ2) is 7.00. The highest BCUT2D eigenvalue weighted by Crippen LogP contribution is 2.12. The normalized spacial score (nSPS) is 10.5. The maximum Gasteiger partial charge on any atom is 0.253 e. The molecular weight excluding hydrogens is 304 g/mol. The third kappa shape index (κ3) is 3.63. The predicted octanol–water partition coefficient (Wildman–Crippen LogP) is 2.40. The molecule has 0 unspecified atom stereocenters. The number of rotatable bonds is 5. The monoisotopic (exact) mass is 322 g/mol. The van der Waals surface area contributed by atoms with Gasteiger partial charge in [0.2, 0.25) is 5.91 Å². The van der Waals surface area contributed by atoms with Gasteiger partial charge in [-0.15, -0.1) is 0 Å². The molecule has 3 aromatic rings. The molecule has 0 bridgehead atoms. The van der Waals surface area contributed by atoms with E-state index < -0.39 is 0 Å². The number of ether oxygens (including phenoxy) is 1. The first-order valence-electron chi connectivity index (χ1n) is 7.66. The Morgan fingerprint density at radius 2 is 1.88 bits per heavy atom. The molecule has 3 rings (SSSR count). The van der Waals surface area contributed by atoms with Crippen LogP contribution in [-0.4, -0.2) is 18.0 Å². The first kappa shape index (κ1) is 15.8. The number of benzene rings is 2. The van der Waals surface area contributed by atoms with E-state index >= 15 is 0 Å². The van der Waals surface area contributed by atoms with Crippen molar-refractivity contribution in [2.45, 2.75) is 13.0 Å². The van der Waals surface area contributed by atoms with E-state index in [0.29, 0.717) is 5.56 Å². The van der Waals surface area contributed by atoms with Crippen LogP contribution >= 0.6 is 0 Å².